The number of ether oxygens (including phenoxy) is 1. The number of anilines is 2. The van der Waals surface area contributed by atoms with Gasteiger partial charge < -0.3 is 20.9 Å². The summed E-state index contributed by atoms with van der Waals surface area (Å²) in [6, 6.07) is 2.04. The molecule has 92 valence electrons. The fraction of sp³-hybridized carbons (Fsp3) is 0.200. The van der Waals surface area contributed by atoms with E-state index in [0.717, 1.165) is 19.2 Å². The van der Waals surface area contributed by atoms with Gasteiger partial charge in [0.25, 0.3) is 0 Å². The number of hydrogen-bond donors (Lipinski definition) is 3. The van der Waals surface area contributed by atoms with Gasteiger partial charge in [-0.1, -0.05) is 0 Å². The van der Waals surface area contributed by atoms with Gasteiger partial charge in [0.15, 0.2) is 0 Å². The van der Waals surface area contributed by atoms with Crippen LogP contribution < -0.4 is 11.1 Å². The van der Waals surface area contributed by atoms with E-state index < -0.39 is 24.3 Å². The number of nitrogens with one attached hydrogen (secondary N) is 1. The number of carboxylic acid groups (broad SMARTS) is 1. The van der Waals surface area contributed by atoms with Gasteiger partial charge in [-0.2, -0.15) is 0 Å². The van der Waals surface area contributed by atoms with Crippen LogP contribution in [0.2, 0.25) is 0 Å². The van der Waals surface area contributed by atoms with Gasteiger partial charge in [0.1, 0.15) is 12.4 Å². The van der Waals surface area contributed by atoms with E-state index in [4.69, 9.17) is 10.8 Å². The van der Waals surface area contributed by atoms with Gasteiger partial charge >= 0.3 is 11.9 Å². The average molecular weight is 242 g/mol. The molecule has 0 fully saturated rings. The predicted octanol–water partition coefficient (Wildman–Crippen LogP) is 0.691. The summed E-state index contributed by atoms with van der Waals surface area (Å²) in [6.07, 6.45) is 0. The molecule has 0 aromatic heterocycles. The van der Waals surface area contributed by atoms with Crippen LogP contribution in [0.4, 0.5) is 15.8 Å². The van der Waals surface area contributed by atoms with Gasteiger partial charge in [-0.15, -0.1) is 0 Å². The van der Waals surface area contributed by atoms with Crippen molar-refractivity contribution in [1.29, 1.82) is 0 Å². The fourth-order valence-corrected chi connectivity index (χ4v) is 1.18. The van der Waals surface area contributed by atoms with E-state index in [-0.39, 0.29) is 16.9 Å². The normalized spacial score (nSPS) is 9.76. The Morgan fingerprint density at radius 2 is 2.18 bits per heavy atom. The Balaban J connectivity index is 3.01. The Labute approximate surface area is 96.2 Å². The van der Waals surface area contributed by atoms with Crippen LogP contribution >= 0.6 is 0 Å². The average Bonchev–Trinajstić information content (AvgIpc) is 2.28. The number of halogens is 1. The number of carboxylic acids is 1. The first kappa shape index (κ1) is 12.8. The van der Waals surface area contributed by atoms with Crippen LogP contribution in [0.5, 0.6) is 0 Å². The second-order valence-corrected chi connectivity index (χ2v) is 3.16. The maximum Gasteiger partial charge on any atom is 0.340 e. The van der Waals surface area contributed by atoms with Crippen molar-refractivity contribution in [3.8, 4) is 0 Å². The molecule has 0 spiro atoms. The minimum atomic E-state index is -1.14. The van der Waals surface area contributed by atoms with Gasteiger partial charge in [0, 0.05) is 5.69 Å². The molecule has 0 aliphatic rings. The van der Waals surface area contributed by atoms with Crippen LogP contribution in [0, 0.1) is 5.82 Å². The van der Waals surface area contributed by atoms with Crippen molar-refractivity contribution >= 4 is 23.3 Å². The molecule has 0 saturated carbocycles. The van der Waals surface area contributed by atoms with E-state index in [1.165, 1.54) is 0 Å². The van der Waals surface area contributed by atoms with Gasteiger partial charge in [-0.25, -0.2) is 9.18 Å². The SMILES string of the molecule is COC(=O)c1cc(F)c(NCC(=O)O)cc1N. The topological polar surface area (TPSA) is 102 Å². The summed E-state index contributed by atoms with van der Waals surface area (Å²) in [5, 5.41) is 10.8. The number of esters is 1. The summed E-state index contributed by atoms with van der Waals surface area (Å²) in [5.41, 5.74) is 5.33. The Morgan fingerprint density at radius 1 is 1.53 bits per heavy atom. The quantitative estimate of drug-likeness (QED) is 0.530. The highest BCUT2D eigenvalue weighted by molar-refractivity contribution is 5.96. The number of carbonyl (C=O) groups excluding carboxylic acids is 1. The zero-order chi connectivity index (χ0) is 13.0. The predicted molar refractivity (Wildman–Crippen MR) is 58.3 cm³/mol. The molecule has 6 nitrogen and oxygen atoms in total. The summed E-state index contributed by atoms with van der Waals surface area (Å²) >= 11 is 0. The van der Waals surface area contributed by atoms with Gasteiger partial charge in [-0.3, -0.25) is 4.79 Å². The highest BCUT2D eigenvalue weighted by Crippen LogP contribution is 2.22. The van der Waals surface area contributed by atoms with Crippen molar-refractivity contribution in [2.24, 2.45) is 0 Å². The number of rotatable bonds is 4. The molecule has 4 N–H and O–H groups in total. The van der Waals surface area contributed by atoms with E-state index in [2.05, 4.69) is 10.1 Å². The Hall–Kier alpha value is -2.31. The molecule has 0 aliphatic carbocycles. The molecule has 1 rings (SSSR count). The molecule has 1 aromatic carbocycles. The number of nitrogen functional groups attached to an aromatic ring is 1. The molecule has 7 heteroatoms. The van der Waals surface area contributed by atoms with Crippen LogP contribution in [0.1, 0.15) is 10.4 Å². The molecule has 0 amide bonds. The number of hydrogen-bond acceptors (Lipinski definition) is 5. The highest BCUT2D eigenvalue weighted by Gasteiger charge is 2.14. The zero-order valence-electron chi connectivity index (χ0n) is 8.99. The number of carbonyl (C=O) groups is 2. The molecule has 0 aliphatic heterocycles. The Kier molecular flexibility index (Phi) is 3.86. The Bertz CT molecular complexity index is 462. The molecule has 0 bridgehead atoms. The lowest BCUT2D eigenvalue weighted by molar-refractivity contribution is -0.134. The van der Waals surface area contributed by atoms with E-state index in [1.807, 2.05) is 0 Å². The van der Waals surface area contributed by atoms with Crippen LogP contribution in [0.15, 0.2) is 12.1 Å². The minimum absolute atomic E-state index is 0.00568. The van der Waals surface area contributed by atoms with Crippen LogP contribution in [0.3, 0.4) is 0 Å². The van der Waals surface area contributed by atoms with Crippen LogP contribution in [0.25, 0.3) is 0 Å². The van der Waals surface area contributed by atoms with Gasteiger partial charge in [0.05, 0.1) is 18.4 Å². The lowest BCUT2D eigenvalue weighted by Gasteiger charge is -2.09. The minimum Gasteiger partial charge on any atom is -0.480 e. The first-order chi connectivity index (χ1) is 7.95. The molecule has 17 heavy (non-hydrogen) atoms. The van der Waals surface area contributed by atoms with Crippen molar-refractivity contribution in [1.82, 2.24) is 0 Å². The number of methoxy groups -OCH3 is 1. The maximum atomic E-state index is 13.5. The smallest absolute Gasteiger partial charge is 0.340 e. The summed E-state index contributed by atoms with van der Waals surface area (Å²) in [4.78, 5) is 21.5. The third kappa shape index (κ3) is 3.07. The molecule has 1 aromatic rings. The van der Waals surface area contributed by atoms with Crippen LogP contribution in [-0.4, -0.2) is 30.7 Å². The molecule has 0 heterocycles. The number of benzene rings is 1. The number of aliphatic carboxylic acids is 1. The third-order valence-electron chi connectivity index (χ3n) is 1.97. The molecule has 0 radical (unpaired) electrons. The van der Waals surface area contributed by atoms with Crippen molar-refractivity contribution in [3.63, 3.8) is 0 Å². The monoisotopic (exact) mass is 242 g/mol. The summed E-state index contributed by atoms with van der Waals surface area (Å²) in [7, 11) is 1.15. The summed E-state index contributed by atoms with van der Waals surface area (Å²) in [5.74, 6) is -2.67. The van der Waals surface area contributed by atoms with Gasteiger partial charge in [0.2, 0.25) is 0 Å². The van der Waals surface area contributed by atoms with Crippen molar-refractivity contribution in [2.75, 3.05) is 24.7 Å². The fourth-order valence-electron chi connectivity index (χ4n) is 1.18. The lowest BCUT2D eigenvalue weighted by atomic mass is 10.1. The molecular formula is C10H11FN2O4. The van der Waals surface area contributed by atoms with Crippen molar-refractivity contribution in [3.05, 3.63) is 23.5 Å². The zero-order valence-corrected chi connectivity index (χ0v) is 8.99. The lowest BCUT2D eigenvalue weighted by Crippen LogP contribution is -2.14. The van der Waals surface area contributed by atoms with Crippen LogP contribution in [-0.2, 0) is 9.53 Å². The summed E-state index contributed by atoms with van der Waals surface area (Å²) in [6.45, 7) is -0.450. The third-order valence-corrected chi connectivity index (χ3v) is 1.97. The van der Waals surface area contributed by atoms with Crippen molar-refractivity contribution in [2.45, 2.75) is 0 Å². The first-order valence-corrected chi connectivity index (χ1v) is 4.58. The summed E-state index contributed by atoms with van der Waals surface area (Å²) < 4.78 is 17.9. The molecule has 0 saturated heterocycles. The first-order valence-electron chi connectivity index (χ1n) is 4.58. The maximum absolute atomic E-state index is 13.5. The molecule has 0 atom stereocenters. The van der Waals surface area contributed by atoms with Crippen molar-refractivity contribution < 1.29 is 23.8 Å². The van der Waals surface area contributed by atoms with Gasteiger partial charge in [-0.05, 0) is 12.1 Å². The van der Waals surface area contributed by atoms with E-state index in [9.17, 15) is 14.0 Å². The Morgan fingerprint density at radius 3 is 2.71 bits per heavy atom. The number of nitrogens with two attached hydrogens (primary N) is 1. The molecular weight excluding hydrogens is 231 g/mol. The van der Waals surface area contributed by atoms with E-state index in [1.54, 1.807) is 0 Å². The van der Waals surface area contributed by atoms with E-state index >= 15 is 0 Å². The second-order valence-electron chi connectivity index (χ2n) is 3.16. The molecule has 0 unspecified atom stereocenters. The standard InChI is InChI=1S/C10H11FN2O4/c1-17-10(16)5-2-6(11)8(3-7(5)12)13-4-9(14)15/h2-3,13H,4,12H2,1H3,(H,14,15). The highest BCUT2D eigenvalue weighted by atomic mass is 19.1. The largest absolute Gasteiger partial charge is 0.480 e. The van der Waals surface area contributed by atoms with E-state index in [0.29, 0.717) is 0 Å². The second kappa shape index (κ2) is 5.15.